The summed E-state index contributed by atoms with van der Waals surface area (Å²) in [7, 11) is 18.7. The predicted octanol–water partition coefficient (Wildman–Crippen LogP) is -2.63. The maximum atomic E-state index is 2.45. The van der Waals surface area contributed by atoms with Gasteiger partial charge in [-0.2, -0.15) is 0 Å². The van der Waals surface area contributed by atoms with E-state index in [0.29, 0.717) is 0 Å². The van der Waals surface area contributed by atoms with Crippen molar-refractivity contribution < 1.29 is 0 Å². The second-order valence-corrected chi connectivity index (χ2v) is 13.9. The second kappa shape index (κ2) is 11.5. The van der Waals surface area contributed by atoms with Crippen LogP contribution in [0.3, 0.4) is 0 Å². The summed E-state index contributed by atoms with van der Waals surface area (Å²) in [6, 6.07) is 40.5. The first-order chi connectivity index (χ1) is 23.2. The normalized spacial score (nSPS) is 11.6. The van der Waals surface area contributed by atoms with Crippen LogP contribution in [-0.2, 0) is 0 Å². The van der Waals surface area contributed by atoms with Crippen molar-refractivity contribution in [2.45, 2.75) is 0 Å². The molecule has 0 saturated carbocycles. The summed E-state index contributed by atoms with van der Waals surface area (Å²) in [5.74, 6) is 0. The molecule has 0 aliphatic rings. The largest absolute Gasteiger partial charge is 0.139 e. The maximum absolute atomic E-state index is 2.45. The molecule has 0 aromatic heterocycles. The van der Waals surface area contributed by atoms with Crippen LogP contribution in [0, 0.1) is 0 Å². The van der Waals surface area contributed by atoms with Crippen LogP contribution in [0.2, 0.25) is 0 Å². The lowest BCUT2D eigenvalue weighted by Crippen LogP contribution is -2.50. The minimum absolute atomic E-state index is 1.25. The Morgan fingerprint density at radius 2 is 0.667 bits per heavy atom. The Bertz CT molecular complexity index is 2570. The van der Waals surface area contributed by atoms with Crippen LogP contribution >= 0.6 is 0 Å². The molecule has 0 unspecified atom stereocenters. The van der Waals surface area contributed by atoms with Crippen LogP contribution in [-0.4, -0.2) is 62.8 Å². The number of fused-ring (bicyclic) bond motifs is 4. The first-order valence-corrected chi connectivity index (χ1v) is 17.2. The molecule has 0 aliphatic carbocycles. The Hall–Kier alpha value is -4.68. The van der Waals surface area contributed by atoms with Gasteiger partial charge in [0.05, 0.1) is 0 Å². The van der Waals surface area contributed by atoms with Crippen molar-refractivity contribution in [1.29, 1.82) is 0 Å². The summed E-state index contributed by atoms with van der Waals surface area (Å²) in [6.45, 7) is 0. The molecule has 218 valence electrons. The van der Waals surface area contributed by atoms with E-state index in [-0.39, 0.29) is 0 Å². The molecule has 0 aliphatic heterocycles. The van der Waals surface area contributed by atoms with Crippen LogP contribution in [0.15, 0.2) is 109 Å². The van der Waals surface area contributed by atoms with Crippen LogP contribution in [0.25, 0.3) is 76.5 Å². The van der Waals surface area contributed by atoms with Gasteiger partial charge in [-0.1, -0.05) is 125 Å². The molecule has 8 rings (SSSR count). The van der Waals surface area contributed by atoms with E-state index in [9.17, 15) is 0 Å². The number of hydrogen-bond donors (Lipinski definition) is 0. The quantitative estimate of drug-likeness (QED) is 0.154. The summed E-state index contributed by atoms with van der Waals surface area (Å²) in [4.78, 5) is 0. The molecule has 0 bridgehead atoms. The topological polar surface area (TPSA) is 0 Å². The van der Waals surface area contributed by atoms with Gasteiger partial charge in [-0.05, 0) is 82.5 Å². The first-order valence-electron chi connectivity index (χ1n) is 17.2. The van der Waals surface area contributed by atoms with Gasteiger partial charge >= 0.3 is 0 Å². The van der Waals surface area contributed by atoms with E-state index in [0.717, 1.165) is 0 Å². The molecular weight excluding hydrogens is 567 g/mol. The molecule has 48 heavy (non-hydrogen) atoms. The van der Waals surface area contributed by atoms with E-state index in [2.05, 4.69) is 172 Å². The van der Waals surface area contributed by atoms with E-state index in [1.165, 1.54) is 120 Å². The smallest absolute Gasteiger partial charge is 0.101 e. The van der Waals surface area contributed by atoms with Gasteiger partial charge in [0.25, 0.3) is 0 Å². The molecule has 0 heterocycles. The minimum Gasteiger partial charge on any atom is -0.101 e. The summed E-state index contributed by atoms with van der Waals surface area (Å²) < 4.78 is 0. The fourth-order valence-electron chi connectivity index (χ4n) is 8.45. The summed E-state index contributed by atoms with van der Waals surface area (Å²) >= 11 is 0. The Balaban J connectivity index is 1.62. The average molecular weight is 601 g/mol. The van der Waals surface area contributed by atoms with Gasteiger partial charge < -0.3 is 0 Å². The maximum Gasteiger partial charge on any atom is 0.139 e. The average Bonchev–Trinajstić information content (AvgIpc) is 3.13. The van der Waals surface area contributed by atoms with Gasteiger partial charge in [-0.25, -0.2) is 0 Å². The first kappa shape index (κ1) is 30.6. The van der Waals surface area contributed by atoms with E-state index in [1.807, 2.05) is 0 Å². The molecule has 0 radical (unpaired) electrons. The van der Waals surface area contributed by atoms with Crippen molar-refractivity contribution >= 4 is 150 Å². The van der Waals surface area contributed by atoms with Gasteiger partial charge in [-0.15, -0.1) is 21.9 Å². The summed E-state index contributed by atoms with van der Waals surface area (Å²) in [6.07, 6.45) is 0. The third kappa shape index (κ3) is 4.42. The predicted molar refractivity (Wildman–Crippen MR) is 238 cm³/mol. The van der Waals surface area contributed by atoms with Crippen molar-refractivity contribution in [2.24, 2.45) is 0 Å². The molecule has 0 N–H and O–H groups in total. The molecule has 0 fully saturated rings. The van der Waals surface area contributed by atoms with Crippen LogP contribution in [0.4, 0.5) is 0 Å². The number of rotatable bonds is 3. The number of benzene rings is 8. The molecular formula is C40H34B8. The molecule has 0 saturated heterocycles. The highest BCUT2D eigenvalue weighted by Gasteiger charge is 2.25. The summed E-state index contributed by atoms with van der Waals surface area (Å²) in [5, 5.41) is 10.7. The fourth-order valence-corrected chi connectivity index (χ4v) is 8.45. The highest BCUT2D eigenvalue weighted by atomic mass is 14.3. The van der Waals surface area contributed by atoms with Crippen molar-refractivity contribution in [3.63, 3.8) is 0 Å². The van der Waals surface area contributed by atoms with E-state index in [1.54, 1.807) is 0 Å². The van der Waals surface area contributed by atoms with Gasteiger partial charge in [0.15, 0.2) is 0 Å². The lowest BCUT2D eigenvalue weighted by Gasteiger charge is -2.28. The van der Waals surface area contributed by atoms with E-state index >= 15 is 0 Å². The highest BCUT2D eigenvalue weighted by Crippen LogP contribution is 2.43. The highest BCUT2D eigenvalue weighted by molar-refractivity contribution is 6.71. The summed E-state index contributed by atoms with van der Waals surface area (Å²) in [5.41, 5.74) is 18.9. The zero-order valence-corrected chi connectivity index (χ0v) is 29.4. The monoisotopic (exact) mass is 602 g/mol. The van der Waals surface area contributed by atoms with Crippen molar-refractivity contribution in [1.82, 2.24) is 0 Å². The molecule has 8 aromatic carbocycles. The Kier molecular flexibility index (Phi) is 7.33. The van der Waals surface area contributed by atoms with Crippen LogP contribution < -0.4 is 43.7 Å². The molecule has 0 atom stereocenters. The second-order valence-electron chi connectivity index (χ2n) is 13.9. The molecule has 8 heteroatoms. The van der Waals surface area contributed by atoms with Gasteiger partial charge in [0, 0.05) is 0 Å². The van der Waals surface area contributed by atoms with E-state index < -0.39 is 0 Å². The zero-order chi connectivity index (χ0) is 33.4. The number of hydrogen-bond acceptors (Lipinski definition) is 0. The zero-order valence-electron chi connectivity index (χ0n) is 29.4. The van der Waals surface area contributed by atoms with Crippen molar-refractivity contribution in [3.05, 3.63) is 109 Å². The van der Waals surface area contributed by atoms with Crippen LogP contribution in [0.5, 0.6) is 0 Å². The molecule has 8 aromatic rings. The van der Waals surface area contributed by atoms with Gasteiger partial charge in [0.1, 0.15) is 62.8 Å². The molecule has 0 spiro atoms. The molecule has 0 nitrogen and oxygen atoms in total. The standard InChI is InChI=1S/C40H34B8/c41-33-29-27(22-13-5-12-21(18-22)25-16-6-10-19-8-1-3-14-23(19)25)30-32(36(44)40(48)38(46)34(30)42)28(31(29)35(43)39(47)37(33)45)26-17-7-11-20-9-2-4-15-24(20)26/h1-18H,41-48H2. The van der Waals surface area contributed by atoms with Gasteiger partial charge in [0.2, 0.25) is 0 Å². The lowest BCUT2D eigenvalue weighted by atomic mass is 9.59. The Morgan fingerprint density at radius 1 is 0.292 bits per heavy atom. The fraction of sp³-hybridized carbons (Fsp3) is 0. The third-order valence-electron chi connectivity index (χ3n) is 11.7. The van der Waals surface area contributed by atoms with Crippen molar-refractivity contribution in [3.8, 4) is 33.4 Å². The van der Waals surface area contributed by atoms with Crippen LogP contribution in [0.1, 0.15) is 0 Å². The lowest BCUT2D eigenvalue weighted by molar-refractivity contribution is 1.64. The van der Waals surface area contributed by atoms with E-state index in [4.69, 9.17) is 0 Å². The van der Waals surface area contributed by atoms with Gasteiger partial charge in [-0.3, -0.25) is 0 Å². The third-order valence-corrected chi connectivity index (χ3v) is 11.7. The van der Waals surface area contributed by atoms with Crippen molar-refractivity contribution in [2.75, 3.05) is 0 Å². The SMILES string of the molecule is Bc1c(B)c(B)c2c(-c3cccc4ccccc34)c3c(B)c(B)c(B)c(B)c3c(-c3cccc(-c4cccc5ccccc45)c3)c2c1B. The molecule has 0 amide bonds. The Labute approximate surface area is 291 Å². The Morgan fingerprint density at radius 3 is 1.19 bits per heavy atom. The minimum atomic E-state index is 1.25.